The van der Waals surface area contributed by atoms with Gasteiger partial charge in [-0.25, -0.2) is 9.78 Å². The Labute approximate surface area is 242 Å². The second-order valence-electron chi connectivity index (χ2n) is 10.6. The molecule has 226 valence electrons. The van der Waals surface area contributed by atoms with E-state index in [-0.39, 0.29) is 38.0 Å². The summed E-state index contributed by atoms with van der Waals surface area (Å²) in [7, 11) is 0. The molecule has 4 amide bonds. The lowest BCUT2D eigenvalue weighted by atomic mass is 10.0. The molecule has 4 atom stereocenters. The van der Waals surface area contributed by atoms with Crippen molar-refractivity contribution in [3.05, 3.63) is 54.2 Å². The highest BCUT2D eigenvalue weighted by Crippen LogP contribution is 2.19. The third-order valence-electron chi connectivity index (χ3n) is 6.70. The van der Waals surface area contributed by atoms with Gasteiger partial charge in [0.15, 0.2) is 0 Å². The van der Waals surface area contributed by atoms with Gasteiger partial charge >= 0.3 is 5.97 Å². The van der Waals surface area contributed by atoms with E-state index < -0.39 is 53.8 Å². The zero-order valence-electron chi connectivity index (χ0n) is 23.6. The van der Waals surface area contributed by atoms with Gasteiger partial charge in [0.25, 0.3) is 0 Å². The maximum Gasteiger partial charge on any atom is 0.326 e. The molecule has 14 heteroatoms. The maximum atomic E-state index is 13.4. The van der Waals surface area contributed by atoms with Gasteiger partial charge in [-0.05, 0) is 30.4 Å². The van der Waals surface area contributed by atoms with Crippen LogP contribution in [0, 0.1) is 5.92 Å². The number of nitrogens with zero attached hydrogens (tertiary/aromatic N) is 1. The average molecular weight is 583 g/mol. The Morgan fingerprint density at radius 3 is 2.24 bits per heavy atom. The summed E-state index contributed by atoms with van der Waals surface area (Å²) in [5.41, 5.74) is 13.1. The average Bonchev–Trinajstić information content (AvgIpc) is 3.60. The van der Waals surface area contributed by atoms with E-state index in [2.05, 4.69) is 30.9 Å². The highest BCUT2D eigenvalue weighted by molar-refractivity contribution is 5.94. The van der Waals surface area contributed by atoms with E-state index in [9.17, 15) is 29.1 Å². The smallest absolute Gasteiger partial charge is 0.326 e. The first-order valence-electron chi connectivity index (χ1n) is 13.6. The van der Waals surface area contributed by atoms with E-state index in [1.165, 1.54) is 12.5 Å². The predicted octanol–water partition coefficient (Wildman–Crippen LogP) is -0.146. The van der Waals surface area contributed by atoms with Crippen molar-refractivity contribution in [2.75, 3.05) is 0 Å². The highest BCUT2D eigenvalue weighted by Gasteiger charge is 2.31. The van der Waals surface area contributed by atoms with Crippen LogP contribution < -0.4 is 27.4 Å². The minimum Gasteiger partial charge on any atom is -0.480 e. The van der Waals surface area contributed by atoms with Crippen LogP contribution >= 0.6 is 0 Å². The van der Waals surface area contributed by atoms with Crippen molar-refractivity contribution in [2.45, 2.75) is 70.1 Å². The van der Waals surface area contributed by atoms with Crippen LogP contribution in [0.3, 0.4) is 0 Å². The zero-order valence-corrected chi connectivity index (χ0v) is 23.6. The molecule has 42 heavy (non-hydrogen) atoms. The fourth-order valence-electron chi connectivity index (χ4n) is 4.50. The number of nitrogens with one attached hydrogen (secondary N) is 5. The Morgan fingerprint density at radius 1 is 0.929 bits per heavy atom. The number of amides is 4. The molecular weight excluding hydrogens is 544 g/mol. The first kappa shape index (κ1) is 31.8. The van der Waals surface area contributed by atoms with E-state index in [0.29, 0.717) is 5.69 Å². The third-order valence-corrected chi connectivity index (χ3v) is 6.70. The van der Waals surface area contributed by atoms with Crippen molar-refractivity contribution in [1.82, 2.24) is 30.9 Å². The molecule has 0 fully saturated rings. The first-order chi connectivity index (χ1) is 19.9. The molecule has 0 bridgehead atoms. The molecule has 3 aromatic rings. The molecule has 14 nitrogen and oxygen atoms in total. The Bertz CT molecular complexity index is 1390. The summed E-state index contributed by atoms with van der Waals surface area (Å²) in [6, 6.07) is 2.83. The SMILES string of the molecule is CC(C)CC(NC(=O)C(Cc1cnc[nH]1)NC(=O)C(N)CCC(N)=O)C(=O)NC(Cc1c[nH]c2ccccc12)C(=O)O. The molecule has 0 saturated carbocycles. The van der Waals surface area contributed by atoms with Crippen molar-refractivity contribution in [2.24, 2.45) is 17.4 Å². The number of fused-ring (bicyclic) bond motifs is 1. The van der Waals surface area contributed by atoms with Gasteiger partial charge in [-0.2, -0.15) is 0 Å². The maximum absolute atomic E-state index is 13.4. The molecule has 0 radical (unpaired) electrons. The molecule has 2 aromatic heterocycles. The van der Waals surface area contributed by atoms with Crippen molar-refractivity contribution in [1.29, 1.82) is 0 Å². The van der Waals surface area contributed by atoms with Crippen molar-refractivity contribution >= 4 is 40.5 Å². The van der Waals surface area contributed by atoms with E-state index in [1.807, 2.05) is 38.1 Å². The van der Waals surface area contributed by atoms with Gasteiger partial charge in [0.2, 0.25) is 23.6 Å². The van der Waals surface area contributed by atoms with Crippen LogP contribution in [-0.4, -0.2) is 73.8 Å². The number of benzene rings is 1. The number of carboxylic acids is 1. The van der Waals surface area contributed by atoms with Crippen LogP contribution in [-0.2, 0) is 36.8 Å². The number of carboxylic acid groups (broad SMARTS) is 1. The van der Waals surface area contributed by atoms with E-state index in [1.54, 1.807) is 6.20 Å². The fraction of sp³-hybridized carbons (Fsp3) is 0.429. The number of primary amides is 1. The number of aliphatic carboxylic acids is 1. The Hall–Kier alpha value is -4.72. The van der Waals surface area contributed by atoms with Crippen LogP contribution in [0.2, 0.25) is 0 Å². The number of carbonyl (C=O) groups excluding carboxylic acids is 4. The van der Waals surface area contributed by atoms with Gasteiger partial charge in [-0.15, -0.1) is 0 Å². The lowest BCUT2D eigenvalue weighted by molar-refractivity contribution is -0.142. The van der Waals surface area contributed by atoms with Crippen LogP contribution in [0.5, 0.6) is 0 Å². The van der Waals surface area contributed by atoms with E-state index >= 15 is 0 Å². The second kappa shape index (κ2) is 14.8. The van der Waals surface area contributed by atoms with Gasteiger partial charge in [-0.3, -0.25) is 19.2 Å². The number of aromatic amines is 2. The molecule has 0 aliphatic carbocycles. The summed E-state index contributed by atoms with van der Waals surface area (Å²) in [4.78, 5) is 72.6. The zero-order chi connectivity index (χ0) is 30.8. The van der Waals surface area contributed by atoms with Crippen LogP contribution in [0.4, 0.5) is 0 Å². The fourth-order valence-corrected chi connectivity index (χ4v) is 4.50. The number of rotatable bonds is 16. The molecule has 0 saturated heterocycles. The molecule has 2 heterocycles. The van der Waals surface area contributed by atoms with Crippen molar-refractivity contribution in [3.8, 4) is 0 Å². The standard InChI is InChI=1S/C28H38N8O6/c1-15(2)9-21(26(39)36-23(28(41)42)10-16-12-32-20-6-4-3-5-18(16)20)35-27(40)22(11-17-13-31-14-33-17)34-25(38)19(29)7-8-24(30)37/h3-6,12-15,19,21-23,32H,7-11,29H2,1-2H3,(H2,30,37)(H,31,33)(H,34,38)(H,35,40)(H,36,39)(H,41,42). The topological polar surface area (TPSA) is 238 Å². The van der Waals surface area contributed by atoms with Gasteiger partial charge in [-0.1, -0.05) is 32.0 Å². The summed E-state index contributed by atoms with van der Waals surface area (Å²) in [6.45, 7) is 3.71. The molecule has 0 aliphatic heterocycles. The largest absolute Gasteiger partial charge is 0.480 e. The molecule has 1 aromatic carbocycles. The summed E-state index contributed by atoms with van der Waals surface area (Å²) >= 11 is 0. The van der Waals surface area contributed by atoms with Crippen molar-refractivity contribution < 1.29 is 29.1 Å². The van der Waals surface area contributed by atoms with E-state index in [4.69, 9.17) is 11.5 Å². The lowest BCUT2D eigenvalue weighted by Gasteiger charge is -2.26. The summed E-state index contributed by atoms with van der Waals surface area (Å²) < 4.78 is 0. The second-order valence-corrected chi connectivity index (χ2v) is 10.6. The quantitative estimate of drug-likeness (QED) is 0.113. The number of carbonyl (C=O) groups is 5. The third kappa shape index (κ3) is 9.16. The first-order valence-corrected chi connectivity index (χ1v) is 13.6. The molecule has 0 spiro atoms. The number of aromatic nitrogens is 3. The minimum absolute atomic E-state index is 0.00838. The molecule has 10 N–H and O–H groups in total. The predicted molar refractivity (Wildman–Crippen MR) is 154 cm³/mol. The van der Waals surface area contributed by atoms with Gasteiger partial charge < -0.3 is 42.5 Å². The number of H-pyrrole nitrogens is 2. The van der Waals surface area contributed by atoms with Crippen molar-refractivity contribution in [3.63, 3.8) is 0 Å². The van der Waals surface area contributed by atoms with Gasteiger partial charge in [0, 0.05) is 48.3 Å². The molecular formula is C28H38N8O6. The summed E-state index contributed by atoms with van der Waals surface area (Å²) in [5.74, 6) is -3.90. The lowest BCUT2D eigenvalue weighted by Crippen LogP contribution is -2.58. The summed E-state index contributed by atoms with van der Waals surface area (Å²) in [6.07, 6.45) is 4.73. The van der Waals surface area contributed by atoms with Crippen LogP contribution in [0.15, 0.2) is 43.0 Å². The number of para-hydroxylation sites is 1. The molecule has 0 aliphatic rings. The number of nitrogens with two attached hydrogens (primary N) is 2. The van der Waals surface area contributed by atoms with Gasteiger partial charge in [0.1, 0.15) is 18.1 Å². The van der Waals surface area contributed by atoms with E-state index in [0.717, 1.165) is 16.5 Å². The normalized spacial score (nSPS) is 14.1. The van der Waals surface area contributed by atoms with Crippen LogP contribution in [0.25, 0.3) is 10.9 Å². The number of imidazole rings is 1. The highest BCUT2D eigenvalue weighted by atomic mass is 16.4. The minimum atomic E-state index is -1.26. The Balaban J connectivity index is 1.75. The Morgan fingerprint density at radius 2 is 1.60 bits per heavy atom. The molecule has 3 rings (SSSR count). The van der Waals surface area contributed by atoms with Gasteiger partial charge in [0.05, 0.1) is 12.4 Å². The molecule has 4 unspecified atom stereocenters. The number of hydrogen-bond donors (Lipinski definition) is 8. The number of hydrogen-bond acceptors (Lipinski definition) is 7. The Kier molecular flexibility index (Phi) is 11.2. The monoisotopic (exact) mass is 582 g/mol. The summed E-state index contributed by atoms with van der Waals surface area (Å²) in [5, 5.41) is 18.6. The van der Waals surface area contributed by atoms with Crippen LogP contribution in [0.1, 0.15) is 44.4 Å².